The highest BCUT2D eigenvalue weighted by Crippen LogP contribution is 2.14. The van der Waals surface area contributed by atoms with E-state index >= 15 is 0 Å². The number of amides is 1. The van der Waals surface area contributed by atoms with Crippen LogP contribution in [0.3, 0.4) is 0 Å². The zero-order valence-corrected chi connectivity index (χ0v) is 11.2. The first-order valence-corrected chi connectivity index (χ1v) is 6.40. The average molecular weight is 271 g/mol. The van der Waals surface area contributed by atoms with Crippen LogP contribution in [0.2, 0.25) is 5.02 Å². The number of aliphatic hydroxyl groups excluding tert-OH is 1. The molecule has 0 heterocycles. The van der Waals surface area contributed by atoms with Crippen LogP contribution in [0.4, 0.5) is 5.69 Å². The number of carbonyl (C=O) groups is 1. The van der Waals surface area contributed by atoms with Crippen LogP contribution in [0.15, 0.2) is 24.3 Å². The molecule has 0 fully saturated rings. The zero-order chi connectivity index (χ0) is 13.4. The summed E-state index contributed by atoms with van der Waals surface area (Å²) in [4.78, 5) is 11.6. The molecular formula is C13H19ClN2O2. The highest BCUT2D eigenvalue weighted by atomic mass is 35.5. The Balaban J connectivity index is 2.18. The molecule has 0 aliphatic carbocycles. The Bertz CT molecular complexity index is 383. The topological polar surface area (TPSA) is 61.4 Å². The van der Waals surface area contributed by atoms with Crippen LogP contribution in [0, 0.1) is 0 Å². The summed E-state index contributed by atoms with van der Waals surface area (Å²) < 4.78 is 0. The third-order valence-corrected chi connectivity index (χ3v) is 2.60. The van der Waals surface area contributed by atoms with Gasteiger partial charge in [0, 0.05) is 10.7 Å². The van der Waals surface area contributed by atoms with Gasteiger partial charge < -0.3 is 15.7 Å². The molecule has 1 aromatic rings. The van der Waals surface area contributed by atoms with Crippen molar-refractivity contribution in [1.82, 2.24) is 5.32 Å². The number of carbonyl (C=O) groups excluding carboxylic acids is 1. The number of benzene rings is 1. The molecule has 3 N–H and O–H groups in total. The fourth-order valence-corrected chi connectivity index (χ4v) is 1.69. The van der Waals surface area contributed by atoms with E-state index in [1.54, 1.807) is 31.2 Å². The predicted molar refractivity (Wildman–Crippen MR) is 73.9 cm³/mol. The monoisotopic (exact) mass is 270 g/mol. The van der Waals surface area contributed by atoms with Gasteiger partial charge in [-0.2, -0.15) is 0 Å². The summed E-state index contributed by atoms with van der Waals surface area (Å²) in [5.74, 6) is -0.102. The van der Waals surface area contributed by atoms with Crippen molar-refractivity contribution >= 4 is 23.2 Å². The van der Waals surface area contributed by atoms with Crippen molar-refractivity contribution in [2.45, 2.75) is 25.9 Å². The lowest BCUT2D eigenvalue weighted by atomic mass is 10.2. The van der Waals surface area contributed by atoms with Crippen LogP contribution >= 0.6 is 11.6 Å². The Morgan fingerprint density at radius 1 is 1.50 bits per heavy atom. The minimum Gasteiger partial charge on any atom is -0.393 e. The molecule has 4 nitrogen and oxygen atoms in total. The van der Waals surface area contributed by atoms with Gasteiger partial charge in [-0.25, -0.2) is 0 Å². The summed E-state index contributed by atoms with van der Waals surface area (Å²) in [7, 11) is 0. The van der Waals surface area contributed by atoms with Gasteiger partial charge in [0.15, 0.2) is 0 Å². The summed E-state index contributed by atoms with van der Waals surface area (Å²) in [5, 5.41) is 15.4. The molecule has 0 bridgehead atoms. The van der Waals surface area contributed by atoms with E-state index in [0.29, 0.717) is 17.3 Å². The molecule has 100 valence electrons. The first-order chi connectivity index (χ1) is 8.58. The second kappa shape index (κ2) is 8.08. The van der Waals surface area contributed by atoms with Gasteiger partial charge in [0.25, 0.3) is 0 Å². The third-order valence-electron chi connectivity index (χ3n) is 2.37. The molecule has 0 saturated heterocycles. The van der Waals surface area contributed by atoms with Crippen LogP contribution in [-0.2, 0) is 4.79 Å². The quantitative estimate of drug-likeness (QED) is 0.665. The molecule has 0 aromatic heterocycles. The van der Waals surface area contributed by atoms with E-state index in [0.717, 1.165) is 12.8 Å². The zero-order valence-electron chi connectivity index (χ0n) is 10.4. The molecule has 1 unspecified atom stereocenters. The van der Waals surface area contributed by atoms with Crippen molar-refractivity contribution in [3.05, 3.63) is 29.3 Å². The SMILES string of the molecule is CC(O)CCCNCC(=O)Nc1cccc(Cl)c1. The van der Waals surface area contributed by atoms with Gasteiger partial charge in [-0.15, -0.1) is 0 Å². The molecule has 1 rings (SSSR count). The normalized spacial score (nSPS) is 12.2. The second-order valence-corrected chi connectivity index (χ2v) is 4.66. The molecule has 0 aliphatic heterocycles. The van der Waals surface area contributed by atoms with Crippen molar-refractivity contribution in [2.75, 3.05) is 18.4 Å². The molecule has 1 amide bonds. The average Bonchev–Trinajstić information content (AvgIpc) is 2.28. The highest BCUT2D eigenvalue weighted by Gasteiger charge is 2.02. The van der Waals surface area contributed by atoms with Crippen molar-refractivity contribution in [3.8, 4) is 0 Å². The molecule has 0 aliphatic rings. The lowest BCUT2D eigenvalue weighted by molar-refractivity contribution is -0.115. The first kappa shape index (κ1) is 15.0. The maximum Gasteiger partial charge on any atom is 0.238 e. The number of hydrogen-bond acceptors (Lipinski definition) is 3. The summed E-state index contributed by atoms with van der Waals surface area (Å²) in [5.41, 5.74) is 0.693. The van der Waals surface area contributed by atoms with E-state index in [9.17, 15) is 4.79 Å². The maximum atomic E-state index is 11.6. The molecular weight excluding hydrogens is 252 g/mol. The summed E-state index contributed by atoms with van der Waals surface area (Å²) in [6.45, 7) is 2.73. The number of rotatable bonds is 7. The van der Waals surface area contributed by atoms with Crippen LogP contribution in [0.25, 0.3) is 0 Å². The number of nitrogens with one attached hydrogen (secondary N) is 2. The Hall–Kier alpha value is -1.10. The molecule has 1 aromatic carbocycles. The lowest BCUT2D eigenvalue weighted by Crippen LogP contribution is -2.29. The summed E-state index contributed by atoms with van der Waals surface area (Å²) >= 11 is 5.81. The number of aliphatic hydroxyl groups is 1. The van der Waals surface area contributed by atoms with Crippen molar-refractivity contribution in [1.29, 1.82) is 0 Å². The van der Waals surface area contributed by atoms with Gasteiger partial charge >= 0.3 is 0 Å². The number of anilines is 1. The highest BCUT2D eigenvalue weighted by molar-refractivity contribution is 6.30. The standard InChI is InChI=1S/C13H19ClN2O2/c1-10(17)4-3-7-15-9-13(18)16-12-6-2-5-11(14)8-12/h2,5-6,8,10,15,17H,3-4,7,9H2,1H3,(H,16,18). The molecule has 18 heavy (non-hydrogen) atoms. The van der Waals surface area contributed by atoms with E-state index in [4.69, 9.17) is 16.7 Å². The van der Waals surface area contributed by atoms with E-state index in [1.807, 2.05) is 0 Å². The van der Waals surface area contributed by atoms with E-state index in [-0.39, 0.29) is 18.6 Å². The van der Waals surface area contributed by atoms with Gasteiger partial charge in [0.05, 0.1) is 12.6 Å². The number of hydrogen-bond donors (Lipinski definition) is 3. The van der Waals surface area contributed by atoms with Gasteiger partial charge in [-0.05, 0) is 44.5 Å². The Morgan fingerprint density at radius 2 is 2.28 bits per heavy atom. The molecule has 0 saturated carbocycles. The van der Waals surface area contributed by atoms with Gasteiger partial charge in [-0.1, -0.05) is 17.7 Å². The predicted octanol–water partition coefficient (Wildman–Crippen LogP) is 2.03. The molecule has 1 atom stereocenters. The minimum atomic E-state index is -0.285. The molecule has 0 radical (unpaired) electrons. The van der Waals surface area contributed by atoms with Gasteiger partial charge in [0.2, 0.25) is 5.91 Å². The van der Waals surface area contributed by atoms with Crippen LogP contribution < -0.4 is 10.6 Å². The molecule has 5 heteroatoms. The lowest BCUT2D eigenvalue weighted by Gasteiger charge is -2.07. The maximum absolute atomic E-state index is 11.6. The van der Waals surface area contributed by atoms with Gasteiger partial charge in [0.1, 0.15) is 0 Å². The van der Waals surface area contributed by atoms with Crippen LogP contribution in [0.1, 0.15) is 19.8 Å². The largest absolute Gasteiger partial charge is 0.393 e. The van der Waals surface area contributed by atoms with Crippen molar-refractivity contribution in [3.63, 3.8) is 0 Å². The van der Waals surface area contributed by atoms with E-state index < -0.39 is 0 Å². The fraction of sp³-hybridized carbons (Fsp3) is 0.462. The smallest absolute Gasteiger partial charge is 0.238 e. The Morgan fingerprint density at radius 3 is 2.94 bits per heavy atom. The van der Waals surface area contributed by atoms with Crippen molar-refractivity contribution in [2.24, 2.45) is 0 Å². The number of halogens is 1. The van der Waals surface area contributed by atoms with Crippen molar-refractivity contribution < 1.29 is 9.90 Å². The van der Waals surface area contributed by atoms with Gasteiger partial charge in [-0.3, -0.25) is 4.79 Å². The first-order valence-electron chi connectivity index (χ1n) is 6.02. The van der Waals surface area contributed by atoms with Crippen LogP contribution in [-0.4, -0.2) is 30.2 Å². The Labute approximate surface area is 112 Å². The minimum absolute atomic E-state index is 0.102. The van der Waals surface area contributed by atoms with E-state index in [2.05, 4.69) is 10.6 Å². The van der Waals surface area contributed by atoms with E-state index in [1.165, 1.54) is 0 Å². The second-order valence-electron chi connectivity index (χ2n) is 4.23. The summed E-state index contributed by atoms with van der Waals surface area (Å²) in [6, 6.07) is 7.03. The summed E-state index contributed by atoms with van der Waals surface area (Å²) in [6.07, 6.45) is 1.30. The third kappa shape index (κ3) is 6.59. The van der Waals surface area contributed by atoms with Crippen LogP contribution in [0.5, 0.6) is 0 Å². The Kier molecular flexibility index (Phi) is 6.72. The molecule has 0 spiro atoms. The fourth-order valence-electron chi connectivity index (χ4n) is 1.50.